The first-order chi connectivity index (χ1) is 8.77. The van der Waals surface area contributed by atoms with Crippen LogP contribution in [0.15, 0.2) is 18.2 Å². The third-order valence-electron chi connectivity index (χ3n) is 3.80. The minimum Gasteiger partial charge on any atom is -0.329 e. The average Bonchev–Trinajstić information content (AvgIpc) is 2.32. The lowest BCUT2D eigenvalue weighted by molar-refractivity contribution is 0.360. The molecule has 0 aliphatic rings. The lowest BCUT2D eigenvalue weighted by Crippen LogP contribution is -2.45. The van der Waals surface area contributed by atoms with Gasteiger partial charge < -0.3 is 11.1 Å². The van der Waals surface area contributed by atoms with Crippen molar-refractivity contribution in [2.45, 2.75) is 46.1 Å². The molecule has 0 aliphatic carbocycles. The van der Waals surface area contributed by atoms with Crippen molar-refractivity contribution in [2.75, 3.05) is 13.1 Å². The zero-order valence-corrected chi connectivity index (χ0v) is 12.8. The quantitative estimate of drug-likeness (QED) is 0.830. The summed E-state index contributed by atoms with van der Waals surface area (Å²) in [6.45, 7) is 11.9. The lowest BCUT2D eigenvalue weighted by Gasteiger charge is -2.30. The van der Waals surface area contributed by atoms with Gasteiger partial charge in [0.25, 0.3) is 0 Å². The van der Waals surface area contributed by atoms with E-state index in [1.54, 1.807) is 13.0 Å². The van der Waals surface area contributed by atoms with Crippen LogP contribution in [0.5, 0.6) is 0 Å². The molecule has 0 aliphatic heterocycles. The number of hydrogen-bond donors (Lipinski definition) is 2. The highest BCUT2D eigenvalue weighted by atomic mass is 19.1. The predicted molar refractivity (Wildman–Crippen MR) is 79.8 cm³/mol. The summed E-state index contributed by atoms with van der Waals surface area (Å²) >= 11 is 0. The molecule has 0 spiro atoms. The van der Waals surface area contributed by atoms with Crippen LogP contribution in [0, 0.1) is 18.7 Å². The molecule has 3 N–H and O–H groups in total. The molecule has 19 heavy (non-hydrogen) atoms. The Morgan fingerprint density at radius 2 is 1.95 bits per heavy atom. The molecule has 0 heterocycles. The van der Waals surface area contributed by atoms with Crippen molar-refractivity contribution in [3.8, 4) is 0 Å². The summed E-state index contributed by atoms with van der Waals surface area (Å²) < 4.78 is 13.3. The van der Waals surface area contributed by atoms with E-state index in [-0.39, 0.29) is 11.2 Å². The molecule has 0 aromatic heterocycles. The van der Waals surface area contributed by atoms with Gasteiger partial charge in [0, 0.05) is 24.5 Å². The third-order valence-corrected chi connectivity index (χ3v) is 3.80. The van der Waals surface area contributed by atoms with E-state index in [1.165, 1.54) is 0 Å². The van der Waals surface area contributed by atoms with Gasteiger partial charge in [-0.1, -0.05) is 39.8 Å². The van der Waals surface area contributed by atoms with Gasteiger partial charge >= 0.3 is 0 Å². The predicted octanol–water partition coefficient (Wildman–Crippen LogP) is 2.98. The topological polar surface area (TPSA) is 38.0 Å². The largest absolute Gasteiger partial charge is 0.329 e. The van der Waals surface area contributed by atoms with E-state index < -0.39 is 0 Å². The highest BCUT2D eigenvalue weighted by molar-refractivity contribution is 5.30. The van der Waals surface area contributed by atoms with Gasteiger partial charge in [0.2, 0.25) is 0 Å². The summed E-state index contributed by atoms with van der Waals surface area (Å²) in [5, 5.41) is 3.52. The first-order valence-electron chi connectivity index (χ1n) is 6.98. The van der Waals surface area contributed by atoms with Gasteiger partial charge in [-0.05, 0) is 30.0 Å². The van der Waals surface area contributed by atoms with Gasteiger partial charge in [0.15, 0.2) is 0 Å². The Kier molecular flexibility index (Phi) is 5.50. The second-order valence-electron chi connectivity index (χ2n) is 6.31. The third kappa shape index (κ3) is 4.29. The second-order valence-corrected chi connectivity index (χ2v) is 6.31. The maximum Gasteiger partial charge on any atom is 0.126 e. The van der Waals surface area contributed by atoms with Crippen LogP contribution in [0.2, 0.25) is 0 Å². The van der Waals surface area contributed by atoms with E-state index in [1.807, 2.05) is 12.1 Å². The monoisotopic (exact) mass is 266 g/mol. The molecule has 108 valence electrons. The van der Waals surface area contributed by atoms with Gasteiger partial charge in [-0.3, -0.25) is 0 Å². The van der Waals surface area contributed by atoms with E-state index in [2.05, 4.69) is 33.0 Å². The van der Waals surface area contributed by atoms with Crippen molar-refractivity contribution in [3.05, 3.63) is 35.1 Å². The number of nitrogens with two attached hydrogens (primary N) is 1. The van der Waals surface area contributed by atoms with Crippen LogP contribution in [0.3, 0.4) is 0 Å². The molecule has 1 unspecified atom stereocenters. The molecule has 3 heteroatoms. The summed E-state index contributed by atoms with van der Waals surface area (Å²) in [5.74, 6) is 0.366. The Bertz CT molecular complexity index is 413. The molecule has 1 aromatic carbocycles. The molecule has 0 amide bonds. The molecular weight excluding hydrogens is 239 g/mol. The number of nitrogens with one attached hydrogen (secondary N) is 1. The smallest absolute Gasteiger partial charge is 0.126 e. The highest BCUT2D eigenvalue weighted by Gasteiger charge is 2.23. The van der Waals surface area contributed by atoms with Gasteiger partial charge in [0.05, 0.1) is 0 Å². The van der Waals surface area contributed by atoms with Crippen molar-refractivity contribution in [1.82, 2.24) is 5.32 Å². The highest BCUT2D eigenvalue weighted by Crippen LogP contribution is 2.24. The molecule has 0 saturated carbocycles. The fraction of sp³-hybridized carbons (Fsp3) is 0.625. The van der Waals surface area contributed by atoms with E-state index in [0.717, 1.165) is 12.1 Å². The standard InChI is InChI=1S/C16H27FN2/c1-11(2)15(9-18)19-10-16(4,5)13-6-7-14(17)12(3)8-13/h6-8,11,15,19H,9-10,18H2,1-5H3. The number of hydrogen-bond acceptors (Lipinski definition) is 2. The van der Waals surface area contributed by atoms with Crippen molar-refractivity contribution in [2.24, 2.45) is 11.7 Å². The zero-order valence-electron chi connectivity index (χ0n) is 12.8. The fourth-order valence-corrected chi connectivity index (χ4v) is 2.15. The number of rotatable bonds is 6. The molecule has 0 fully saturated rings. The van der Waals surface area contributed by atoms with E-state index >= 15 is 0 Å². The van der Waals surface area contributed by atoms with E-state index in [0.29, 0.717) is 24.1 Å². The second kappa shape index (κ2) is 6.49. The average molecular weight is 266 g/mol. The van der Waals surface area contributed by atoms with Crippen LogP contribution in [-0.4, -0.2) is 19.1 Å². The molecular formula is C16H27FN2. The molecule has 0 radical (unpaired) electrons. The van der Waals surface area contributed by atoms with Crippen LogP contribution >= 0.6 is 0 Å². The Morgan fingerprint density at radius 3 is 2.42 bits per heavy atom. The molecule has 0 bridgehead atoms. The summed E-state index contributed by atoms with van der Waals surface area (Å²) in [7, 11) is 0. The van der Waals surface area contributed by atoms with Gasteiger partial charge in [0.1, 0.15) is 5.82 Å². The molecule has 1 aromatic rings. The van der Waals surface area contributed by atoms with Crippen LogP contribution < -0.4 is 11.1 Å². The molecule has 2 nitrogen and oxygen atoms in total. The number of halogens is 1. The van der Waals surface area contributed by atoms with E-state index in [9.17, 15) is 4.39 Å². The first kappa shape index (κ1) is 16.1. The Hall–Kier alpha value is -0.930. The van der Waals surface area contributed by atoms with Crippen LogP contribution in [0.4, 0.5) is 4.39 Å². The Labute approximate surface area is 116 Å². The Balaban J connectivity index is 2.77. The van der Waals surface area contributed by atoms with Crippen molar-refractivity contribution in [3.63, 3.8) is 0 Å². The Morgan fingerprint density at radius 1 is 1.32 bits per heavy atom. The first-order valence-corrected chi connectivity index (χ1v) is 6.98. The summed E-state index contributed by atoms with van der Waals surface area (Å²) in [5.41, 5.74) is 7.58. The minimum absolute atomic E-state index is 0.0409. The summed E-state index contributed by atoms with van der Waals surface area (Å²) in [6, 6.07) is 5.68. The lowest BCUT2D eigenvalue weighted by atomic mass is 9.83. The molecule has 1 atom stereocenters. The van der Waals surface area contributed by atoms with E-state index in [4.69, 9.17) is 5.73 Å². The summed E-state index contributed by atoms with van der Waals surface area (Å²) in [6.07, 6.45) is 0. The minimum atomic E-state index is -0.144. The fourth-order valence-electron chi connectivity index (χ4n) is 2.15. The normalized spacial score (nSPS) is 13.9. The van der Waals surface area contributed by atoms with Crippen molar-refractivity contribution in [1.29, 1.82) is 0 Å². The van der Waals surface area contributed by atoms with Crippen molar-refractivity contribution < 1.29 is 4.39 Å². The number of benzene rings is 1. The summed E-state index contributed by atoms with van der Waals surface area (Å²) in [4.78, 5) is 0. The zero-order chi connectivity index (χ0) is 14.6. The van der Waals surface area contributed by atoms with Gasteiger partial charge in [-0.2, -0.15) is 0 Å². The molecule has 1 rings (SSSR count). The van der Waals surface area contributed by atoms with Crippen molar-refractivity contribution >= 4 is 0 Å². The van der Waals surface area contributed by atoms with Gasteiger partial charge in [-0.15, -0.1) is 0 Å². The SMILES string of the molecule is Cc1cc(C(C)(C)CNC(CN)C(C)C)ccc1F. The molecule has 0 saturated heterocycles. The number of aryl methyl sites for hydroxylation is 1. The maximum atomic E-state index is 13.3. The van der Waals surface area contributed by atoms with Crippen LogP contribution in [0.25, 0.3) is 0 Å². The maximum absolute atomic E-state index is 13.3. The van der Waals surface area contributed by atoms with Crippen LogP contribution in [0.1, 0.15) is 38.8 Å². The van der Waals surface area contributed by atoms with Crippen LogP contribution in [-0.2, 0) is 5.41 Å². The van der Waals surface area contributed by atoms with Gasteiger partial charge in [-0.25, -0.2) is 4.39 Å².